The number of nitrogens with one attached hydrogen (secondary N) is 1. The van der Waals surface area contributed by atoms with Crippen LogP contribution in [0.4, 0.5) is 11.4 Å². The van der Waals surface area contributed by atoms with Crippen LogP contribution in [-0.4, -0.2) is 36.9 Å². The van der Waals surface area contributed by atoms with Crippen LogP contribution in [0.3, 0.4) is 0 Å². The number of hydrogen-bond donors (Lipinski definition) is 2. The third kappa shape index (κ3) is 4.57. The molecule has 3 aromatic rings. The van der Waals surface area contributed by atoms with E-state index in [-0.39, 0.29) is 17.2 Å². The lowest BCUT2D eigenvalue weighted by atomic mass is 9.94. The Bertz CT molecular complexity index is 1400. The lowest BCUT2D eigenvalue weighted by molar-refractivity contribution is -0.132. The van der Waals surface area contributed by atoms with Crippen LogP contribution in [0.25, 0.3) is 5.76 Å². The van der Waals surface area contributed by atoms with Gasteiger partial charge >= 0.3 is 0 Å². The van der Waals surface area contributed by atoms with E-state index in [1.165, 1.54) is 26.0 Å². The number of carbonyl (C=O) groups is 3. The molecule has 8 nitrogen and oxygen atoms in total. The zero-order valence-electron chi connectivity index (χ0n) is 19.7. The Hall–Kier alpha value is -4.11. The van der Waals surface area contributed by atoms with Gasteiger partial charge in [-0.1, -0.05) is 24.3 Å². The first-order valence-electron chi connectivity index (χ1n) is 10.9. The number of amides is 2. The Balaban J connectivity index is 1.95. The first-order valence-corrected chi connectivity index (χ1v) is 11.7. The average molecular weight is 551 g/mol. The minimum absolute atomic E-state index is 0.0912. The van der Waals surface area contributed by atoms with E-state index < -0.39 is 17.7 Å². The number of rotatable bonds is 6. The highest BCUT2D eigenvalue weighted by Crippen LogP contribution is 2.45. The molecule has 0 aliphatic carbocycles. The summed E-state index contributed by atoms with van der Waals surface area (Å²) in [4.78, 5) is 39.7. The van der Waals surface area contributed by atoms with Crippen LogP contribution in [0.5, 0.6) is 11.5 Å². The van der Waals surface area contributed by atoms with Gasteiger partial charge in [-0.3, -0.25) is 19.3 Å². The van der Waals surface area contributed by atoms with E-state index >= 15 is 0 Å². The summed E-state index contributed by atoms with van der Waals surface area (Å²) in [6, 6.07) is 17.4. The standard InChI is InChI=1S/C27H23BrN2O6/c1-15(31)29-17-7-6-8-18(14-17)30-24(19-9-4-5-10-21(19)35-2)23(26(33)27(30)34)25(32)16-11-12-22(36-3)20(28)13-16/h4-14,24,32H,1-3H3,(H,29,31)/b25-23+. The number of aliphatic hydroxyl groups is 1. The number of hydrogen-bond acceptors (Lipinski definition) is 6. The van der Waals surface area contributed by atoms with E-state index in [0.717, 1.165) is 0 Å². The number of Topliss-reactive ketones (excluding diaryl/α,β-unsaturated/α-hetero) is 1. The highest BCUT2D eigenvalue weighted by molar-refractivity contribution is 9.10. The number of para-hydroxylation sites is 1. The second kappa shape index (κ2) is 10.2. The van der Waals surface area contributed by atoms with Gasteiger partial charge in [0.05, 0.1) is 30.3 Å². The first kappa shape index (κ1) is 25.0. The van der Waals surface area contributed by atoms with Crippen molar-refractivity contribution in [2.75, 3.05) is 24.4 Å². The quantitative estimate of drug-likeness (QED) is 0.253. The highest BCUT2D eigenvalue weighted by Gasteiger charge is 2.48. The fraction of sp³-hybridized carbons (Fsp3) is 0.148. The summed E-state index contributed by atoms with van der Waals surface area (Å²) in [5.41, 5.74) is 1.58. The molecule has 2 N–H and O–H groups in total. The minimum Gasteiger partial charge on any atom is -0.507 e. The number of nitrogens with zero attached hydrogens (tertiary/aromatic N) is 1. The second-order valence-corrected chi connectivity index (χ2v) is 8.85. The normalized spacial score (nSPS) is 16.7. The van der Waals surface area contributed by atoms with Gasteiger partial charge in [0.2, 0.25) is 5.91 Å². The Morgan fingerprint density at radius 2 is 1.69 bits per heavy atom. The van der Waals surface area contributed by atoms with Crippen molar-refractivity contribution in [2.45, 2.75) is 13.0 Å². The molecule has 0 radical (unpaired) electrons. The van der Waals surface area contributed by atoms with E-state index in [2.05, 4.69) is 21.2 Å². The fourth-order valence-electron chi connectivity index (χ4n) is 4.19. The largest absolute Gasteiger partial charge is 0.507 e. The first-order chi connectivity index (χ1) is 17.3. The molecule has 36 heavy (non-hydrogen) atoms. The summed E-state index contributed by atoms with van der Waals surface area (Å²) in [6.45, 7) is 1.38. The molecule has 2 amide bonds. The van der Waals surface area contributed by atoms with Gasteiger partial charge in [-0.2, -0.15) is 0 Å². The number of ether oxygens (including phenoxy) is 2. The van der Waals surface area contributed by atoms with Gasteiger partial charge in [0.1, 0.15) is 17.3 Å². The highest BCUT2D eigenvalue weighted by atomic mass is 79.9. The van der Waals surface area contributed by atoms with E-state index in [4.69, 9.17) is 9.47 Å². The molecular formula is C27H23BrN2O6. The predicted octanol–water partition coefficient (Wildman–Crippen LogP) is 5.05. The van der Waals surface area contributed by atoms with Gasteiger partial charge in [-0.05, 0) is 58.4 Å². The monoisotopic (exact) mass is 550 g/mol. The Morgan fingerprint density at radius 1 is 0.972 bits per heavy atom. The van der Waals surface area contributed by atoms with Crippen LogP contribution in [0.1, 0.15) is 24.1 Å². The number of aliphatic hydroxyl groups excluding tert-OH is 1. The average Bonchev–Trinajstić information content (AvgIpc) is 3.13. The van der Waals surface area contributed by atoms with Gasteiger partial charge in [0, 0.05) is 29.4 Å². The Labute approximate surface area is 216 Å². The van der Waals surface area contributed by atoms with Crippen LogP contribution < -0.4 is 19.7 Å². The summed E-state index contributed by atoms with van der Waals surface area (Å²) >= 11 is 3.39. The third-order valence-electron chi connectivity index (χ3n) is 5.75. The van der Waals surface area contributed by atoms with Crippen molar-refractivity contribution in [2.24, 2.45) is 0 Å². The molecule has 1 atom stereocenters. The molecule has 0 aromatic heterocycles. The van der Waals surface area contributed by atoms with Gasteiger partial charge < -0.3 is 19.9 Å². The summed E-state index contributed by atoms with van der Waals surface area (Å²) in [6.07, 6.45) is 0. The number of carbonyl (C=O) groups excluding carboxylic acids is 3. The molecule has 9 heteroatoms. The SMILES string of the molecule is COc1ccc(/C(O)=C2\C(=O)C(=O)N(c3cccc(NC(C)=O)c3)C2c2ccccc2OC)cc1Br. The van der Waals surface area contributed by atoms with E-state index in [1.54, 1.807) is 66.7 Å². The maximum Gasteiger partial charge on any atom is 0.300 e. The summed E-state index contributed by atoms with van der Waals surface area (Å²) in [5.74, 6) is -1.30. The van der Waals surface area contributed by atoms with Crippen molar-refractivity contribution in [3.63, 3.8) is 0 Å². The number of halogens is 1. The van der Waals surface area contributed by atoms with Gasteiger partial charge in [-0.15, -0.1) is 0 Å². The second-order valence-electron chi connectivity index (χ2n) is 7.99. The molecule has 1 unspecified atom stereocenters. The molecule has 0 saturated carbocycles. The molecular weight excluding hydrogens is 528 g/mol. The van der Waals surface area contributed by atoms with Crippen molar-refractivity contribution in [3.8, 4) is 11.5 Å². The molecule has 4 rings (SSSR count). The number of benzene rings is 3. The molecule has 184 valence electrons. The number of anilines is 2. The third-order valence-corrected chi connectivity index (χ3v) is 6.37. The van der Waals surface area contributed by atoms with Crippen molar-refractivity contribution in [3.05, 3.63) is 87.9 Å². The van der Waals surface area contributed by atoms with Crippen LogP contribution in [0.15, 0.2) is 76.8 Å². The topological polar surface area (TPSA) is 105 Å². The molecule has 1 fully saturated rings. The summed E-state index contributed by atoms with van der Waals surface area (Å²) < 4.78 is 11.4. The smallest absolute Gasteiger partial charge is 0.300 e. The van der Waals surface area contributed by atoms with Crippen LogP contribution >= 0.6 is 15.9 Å². The predicted molar refractivity (Wildman–Crippen MR) is 139 cm³/mol. The van der Waals surface area contributed by atoms with Crippen LogP contribution in [0, 0.1) is 0 Å². The molecule has 1 aliphatic rings. The molecule has 1 saturated heterocycles. The van der Waals surface area contributed by atoms with E-state index in [0.29, 0.717) is 38.5 Å². The van der Waals surface area contributed by atoms with Crippen LogP contribution in [0.2, 0.25) is 0 Å². The van der Waals surface area contributed by atoms with E-state index in [1.807, 2.05) is 0 Å². The number of methoxy groups -OCH3 is 2. The van der Waals surface area contributed by atoms with E-state index in [9.17, 15) is 19.5 Å². The fourth-order valence-corrected chi connectivity index (χ4v) is 4.73. The van der Waals surface area contributed by atoms with Crippen molar-refractivity contribution >= 4 is 50.7 Å². The minimum atomic E-state index is -0.991. The molecule has 1 heterocycles. The summed E-state index contributed by atoms with van der Waals surface area (Å²) in [5, 5.41) is 14.0. The summed E-state index contributed by atoms with van der Waals surface area (Å²) in [7, 11) is 3.00. The molecule has 0 bridgehead atoms. The van der Waals surface area contributed by atoms with Crippen molar-refractivity contribution < 1.29 is 29.0 Å². The lowest BCUT2D eigenvalue weighted by Crippen LogP contribution is -2.29. The zero-order chi connectivity index (χ0) is 26.0. The van der Waals surface area contributed by atoms with Crippen molar-refractivity contribution in [1.82, 2.24) is 0 Å². The van der Waals surface area contributed by atoms with Crippen molar-refractivity contribution in [1.29, 1.82) is 0 Å². The van der Waals surface area contributed by atoms with Crippen LogP contribution in [-0.2, 0) is 14.4 Å². The van der Waals surface area contributed by atoms with Gasteiger partial charge in [0.25, 0.3) is 11.7 Å². The maximum atomic E-state index is 13.4. The Kier molecular flexibility index (Phi) is 7.12. The van der Waals surface area contributed by atoms with Gasteiger partial charge in [-0.25, -0.2) is 0 Å². The number of ketones is 1. The molecule has 1 aliphatic heterocycles. The molecule has 0 spiro atoms. The Morgan fingerprint density at radius 3 is 2.36 bits per heavy atom. The molecule has 3 aromatic carbocycles. The van der Waals surface area contributed by atoms with Gasteiger partial charge in [0.15, 0.2) is 0 Å². The lowest BCUT2D eigenvalue weighted by Gasteiger charge is -2.27. The zero-order valence-corrected chi connectivity index (χ0v) is 21.3. The maximum absolute atomic E-state index is 13.4.